The van der Waals surface area contributed by atoms with Crippen molar-refractivity contribution in [2.45, 2.75) is 118 Å². The quantitative estimate of drug-likeness (QED) is 0.157. The van der Waals surface area contributed by atoms with Gasteiger partial charge in [0, 0.05) is 24.3 Å². The first-order valence-electron chi connectivity index (χ1n) is 15.9. The molecule has 0 aromatic heterocycles. The fraction of sp³-hybridized carbons (Fsp3) is 0.525. The average Bonchev–Trinajstić information content (AvgIpc) is 2.83. The Hall–Kier alpha value is -2.72. The molecule has 242 valence electrons. The Morgan fingerprint density at radius 2 is 1.11 bits per heavy atom. The van der Waals surface area contributed by atoms with Crippen molar-refractivity contribution in [3.05, 3.63) is 113 Å². The molecule has 0 saturated heterocycles. The third kappa shape index (κ3) is 11.7. The number of hydrogen-bond acceptors (Lipinski definition) is 4. The Bertz CT molecular complexity index is 1270. The maximum atomic E-state index is 10.9. The molecule has 4 N–H and O–H groups in total. The molecular formula is C40H58O4. The van der Waals surface area contributed by atoms with Crippen molar-refractivity contribution < 1.29 is 20.4 Å². The summed E-state index contributed by atoms with van der Waals surface area (Å²) in [7, 11) is 0. The molecular weight excluding hydrogens is 544 g/mol. The molecule has 2 rings (SSSR count). The van der Waals surface area contributed by atoms with E-state index in [1.54, 1.807) is 6.92 Å². The molecule has 5 unspecified atom stereocenters. The summed E-state index contributed by atoms with van der Waals surface area (Å²) in [5.41, 5.74) is 6.10. The van der Waals surface area contributed by atoms with E-state index in [9.17, 15) is 20.4 Å². The smallest absolute Gasteiger partial charge is 0.0931 e. The van der Waals surface area contributed by atoms with Crippen LogP contribution in [0.5, 0.6) is 0 Å². The highest BCUT2D eigenvalue weighted by atomic mass is 16.3. The molecule has 2 saturated carbocycles. The van der Waals surface area contributed by atoms with Crippen molar-refractivity contribution in [2.24, 2.45) is 16.7 Å². The van der Waals surface area contributed by atoms with Gasteiger partial charge in [-0.05, 0) is 76.9 Å². The second-order valence-corrected chi connectivity index (χ2v) is 14.9. The van der Waals surface area contributed by atoms with Gasteiger partial charge >= 0.3 is 0 Å². The van der Waals surface area contributed by atoms with E-state index in [1.807, 2.05) is 64.2 Å². The molecule has 0 bridgehead atoms. The lowest BCUT2D eigenvalue weighted by Crippen LogP contribution is -2.50. The minimum Gasteiger partial charge on any atom is -0.393 e. The highest BCUT2D eigenvalue weighted by molar-refractivity contribution is 5.33. The second-order valence-electron chi connectivity index (χ2n) is 14.9. The first kappa shape index (κ1) is 37.5. The van der Waals surface area contributed by atoms with E-state index < -0.39 is 23.4 Å². The van der Waals surface area contributed by atoms with Gasteiger partial charge in [0.25, 0.3) is 0 Å². The van der Waals surface area contributed by atoms with Crippen molar-refractivity contribution in [1.82, 2.24) is 0 Å². The van der Waals surface area contributed by atoms with E-state index in [-0.39, 0.29) is 16.7 Å². The van der Waals surface area contributed by atoms with Gasteiger partial charge in [0.15, 0.2) is 0 Å². The molecule has 0 aromatic rings. The lowest BCUT2D eigenvalue weighted by atomic mass is 9.61. The van der Waals surface area contributed by atoms with Gasteiger partial charge in [0.2, 0.25) is 0 Å². The Labute approximate surface area is 267 Å². The fourth-order valence-electron chi connectivity index (χ4n) is 6.89. The van der Waals surface area contributed by atoms with Crippen molar-refractivity contribution in [2.75, 3.05) is 0 Å². The largest absolute Gasteiger partial charge is 0.393 e. The van der Waals surface area contributed by atoms with Gasteiger partial charge in [0.1, 0.15) is 0 Å². The molecule has 4 nitrogen and oxygen atoms in total. The maximum absolute atomic E-state index is 10.9. The zero-order chi connectivity index (χ0) is 33.3. The lowest BCUT2D eigenvalue weighted by Gasteiger charge is -2.48. The first-order chi connectivity index (χ1) is 20.2. The zero-order valence-corrected chi connectivity index (χ0v) is 28.9. The summed E-state index contributed by atoms with van der Waals surface area (Å²) in [4.78, 5) is 0. The predicted molar refractivity (Wildman–Crippen MR) is 186 cm³/mol. The van der Waals surface area contributed by atoms with Crippen LogP contribution in [-0.4, -0.2) is 43.8 Å². The van der Waals surface area contributed by atoms with Crippen LogP contribution in [0.4, 0.5) is 0 Å². The van der Waals surface area contributed by atoms with Gasteiger partial charge in [-0.1, -0.05) is 117 Å². The summed E-state index contributed by atoms with van der Waals surface area (Å²) in [6.07, 6.45) is 27.6. The van der Waals surface area contributed by atoms with Crippen LogP contribution in [0.3, 0.4) is 0 Å². The van der Waals surface area contributed by atoms with E-state index in [4.69, 9.17) is 0 Å². The van der Waals surface area contributed by atoms with Gasteiger partial charge in [-0.25, -0.2) is 0 Å². The minimum atomic E-state index is -1.06. The van der Waals surface area contributed by atoms with Gasteiger partial charge in [-0.2, -0.15) is 0 Å². The van der Waals surface area contributed by atoms with Crippen molar-refractivity contribution in [1.29, 1.82) is 0 Å². The van der Waals surface area contributed by atoms with Crippen molar-refractivity contribution >= 4 is 0 Å². The predicted octanol–water partition coefficient (Wildman–Crippen LogP) is 8.56. The van der Waals surface area contributed by atoms with E-state index >= 15 is 0 Å². The van der Waals surface area contributed by atoms with E-state index in [0.717, 1.165) is 27.9 Å². The van der Waals surface area contributed by atoms with E-state index in [0.29, 0.717) is 25.7 Å². The number of hydrogen-bond donors (Lipinski definition) is 4. The van der Waals surface area contributed by atoms with Crippen LogP contribution in [0.25, 0.3) is 0 Å². The molecule has 0 heterocycles. The Morgan fingerprint density at radius 3 is 1.64 bits per heavy atom. The third-order valence-corrected chi connectivity index (χ3v) is 8.78. The minimum absolute atomic E-state index is 0.0208. The fourth-order valence-corrected chi connectivity index (χ4v) is 6.89. The van der Waals surface area contributed by atoms with Gasteiger partial charge in [-0.3, -0.25) is 0 Å². The van der Waals surface area contributed by atoms with Crippen LogP contribution in [0.15, 0.2) is 113 Å². The molecule has 2 aliphatic carbocycles. The van der Waals surface area contributed by atoms with Crippen LogP contribution >= 0.6 is 0 Å². The van der Waals surface area contributed by atoms with E-state index in [1.165, 1.54) is 0 Å². The molecule has 5 atom stereocenters. The molecule has 0 spiro atoms. The van der Waals surface area contributed by atoms with Crippen LogP contribution < -0.4 is 0 Å². The SMILES string of the molecule is CC(C=C=C1C(C)(C)CC(O)CC1(C)O)=CC=CC(C)=CC=CC=C(C)C=CC=C(C)C=CC1C(C)(C)CC(O)CC1(C)O. The number of aliphatic hydroxyl groups is 4. The van der Waals surface area contributed by atoms with E-state index in [2.05, 4.69) is 82.9 Å². The summed E-state index contributed by atoms with van der Waals surface area (Å²) >= 11 is 0. The maximum Gasteiger partial charge on any atom is 0.0931 e. The molecule has 0 aromatic carbocycles. The monoisotopic (exact) mass is 602 g/mol. The normalized spacial score (nSPS) is 32.3. The molecule has 0 amide bonds. The summed E-state index contributed by atoms with van der Waals surface area (Å²) in [5, 5.41) is 42.0. The summed E-state index contributed by atoms with van der Waals surface area (Å²) in [6, 6.07) is 0. The number of allylic oxidation sites excluding steroid dienone is 15. The van der Waals surface area contributed by atoms with Crippen molar-refractivity contribution in [3.8, 4) is 0 Å². The Morgan fingerprint density at radius 1 is 0.636 bits per heavy atom. The summed E-state index contributed by atoms with van der Waals surface area (Å²) in [5.74, 6) is -0.0208. The highest BCUT2D eigenvalue weighted by Gasteiger charge is 2.47. The molecule has 0 aliphatic heterocycles. The van der Waals surface area contributed by atoms with Gasteiger partial charge < -0.3 is 20.4 Å². The second kappa shape index (κ2) is 15.5. The number of rotatable bonds is 9. The topological polar surface area (TPSA) is 80.9 Å². The first-order valence-corrected chi connectivity index (χ1v) is 15.9. The number of aliphatic hydroxyl groups excluding tert-OH is 2. The van der Waals surface area contributed by atoms with Crippen LogP contribution in [0.2, 0.25) is 0 Å². The lowest BCUT2D eigenvalue weighted by molar-refractivity contribution is -0.111. The summed E-state index contributed by atoms with van der Waals surface area (Å²) in [6.45, 7) is 20.1. The molecule has 2 fully saturated rings. The zero-order valence-electron chi connectivity index (χ0n) is 28.9. The average molecular weight is 603 g/mol. The van der Waals surface area contributed by atoms with Crippen molar-refractivity contribution in [3.63, 3.8) is 0 Å². The van der Waals surface area contributed by atoms with Crippen LogP contribution in [0.1, 0.15) is 94.9 Å². The Balaban J connectivity index is 1.95. The van der Waals surface area contributed by atoms with Gasteiger partial charge in [-0.15, -0.1) is 5.73 Å². The molecule has 4 heteroatoms. The standard InChI is InChI=1S/C40H58O4/c1-29(17-13-19-31(3)21-23-35-37(5,6)25-33(41)27-39(35,9)43)15-11-12-16-30(2)18-14-20-32(4)22-24-36-38(7,8)26-34(42)28-40(36,10)44/h11-23,33-35,41-44H,25-28H2,1-10H3. The van der Waals surface area contributed by atoms with Crippen LogP contribution in [-0.2, 0) is 0 Å². The molecule has 44 heavy (non-hydrogen) atoms. The molecule has 2 aliphatic rings. The summed E-state index contributed by atoms with van der Waals surface area (Å²) < 4.78 is 0. The molecule has 0 radical (unpaired) electrons. The Kier molecular flexibility index (Phi) is 13.2. The third-order valence-electron chi connectivity index (χ3n) is 8.78. The van der Waals surface area contributed by atoms with Gasteiger partial charge in [0.05, 0.1) is 23.4 Å². The van der Waals surface area contributed by atoms with Crippen LogP contribution in [0, 0.1) is 16.7 Å². The highest BCUT2D eigenvalue weighted by Crippen LogP contribution is 2.47.